The molecule has 0 aromatic heterocycles. The number of nitrogens with zero attached hydrogens (tertiary/aromatic N) is 2. The van der Waals surface area contributed by atoms with Gasteiger partial charge in [0.15, 0.2) is 0 Å². The van der Waals surface area contributed by atoms with Gasteiger partial charge in [-0.15, -0.1) is 0 Å². The fraction of sp³-hybridized carbons (Fsp3) is 0.818. The fourth-order valence-corrected chi connectivity index (χ4v) is 4.55. The molecule has 0 aromatic rings. The largest absolute Gasteiger partial charge is 0.480 e. The summed E-state index contributed by atoms with van der Waals surface area (Å²) in [6, 6.07) is -3.04. The van der Waals surface area contributed by atoms with E-state index in [9.17, 15) is 24.3 Å². The van der Waals surface area contributed by atoms with Gasteiger partial charge in [0.2, 0.25) is 17.7 Å². The monoisotopic (exact) mass is 453 g/mol. The van der Waals surface area contributed by atoms with Gasteiger partial charge in [-0.1, -0.05) is 26.7 Å². The van der Waals surface area contributed by atoms with Gasteiger partial charge >= 0.3 is 5.97 Å². The molecule has 0 spiro atoms. The standard InChI is InChI=1S/C22H39N5O5/c1-3-14(2)18(21(30)27-13-7-10-17(27)22(31)32)25-19(28)16-9-6-12-26(16)20(29)15(24)8-4-5-11-23/h14-18H,3-13,23-24H2,1-2H3,(H,25,28)(H,31,32). The third-order valence-corrected chi connectivity index (χ3v) is 6.72. The first-order chi connectivity index (χ1) is 15.2. The normalized spacial score (nSPS) is 23.6. The van der Waals surface area contributed by atoms with Gasteiger partial charge in [0.25, 0.3) is 0 Å². The number of likely N-dealkylation sites (tertiary alicyclic amines) is 2. The topological polar surface area (TPSA) is 159 Å². The Morgan fingerprint density at radius 3 is 2.19 bits per heavy atom. The zero-order valence-electron chi connectivity index (χ0n) is 19.3. The molecule has 0 saturated carbocycles. The van der Waals surface area contributed by atoms with E-state index >= 15 is 0 Å². The number of amides is 3. The Balaban J connectivity index is 2.09. The second-order valence-electron chi connectivity index (χ2n) is 8.98. The zero-order valence-corrected chi connectivity index (χ0v) is 19.3. The van der Waals surface area contributed by atoms with Gasteiger partial charge < -0.3 is 31.7 Å². The molecular weight excluding hydrogens is 414 g/mol. The van der Waals surface area contributed by atoms with Crippen molar-refractivity contribution in [1.82, 2.24) is 15.1 Å². The number of unbranched alkanes of at least 4 members (excludes halogenated alkanes) is 1. The van der Waals surface area contributed by atoms with Crippen LogP contribution in [-0.4, -0.2) is 82.4 Å². The summed E-state index contributed by atoms with van der Waals surface area (Å²) >= 11 is 0. The van der Waals surface area contributed by atoms with Gasteiger partial charge in [-0.25, -0.2) is 4.79 Å². The summed E-state index contributed by atoms with van der Waals surface area (Å²) in [5.41, 5.74) is 11.6. The highest BCUT2D eigenvalue weighted by Gasteiger charge is 2.41. The molecule has 182 valence electrons. The SMILES string of the molecule is CCC(C)C(NC(=O)C1CCCN1C(=O)C(N)CCCCN)C(=O)N1CCCC1C(=O)O. The lowest BCUT2D eigenvalue weighted by Gasteiger charge is -2.32. The van der Waals surface area contributed by atoms with Crippen LogP contribution in [-0.2, 0) is 19.2 Å². The van der Waals surface area contributed by atoms with E-state index in [1.54, 1.807) is 0 Å². The second-order valence-corrected chi connectivity index (χ2v) is 8.98. The van der Waals surface area contributed by atoms with Crippen molar-refractivity contribution in [1.29, 1.82) is 0 Å². The average molecular weight is 454 g/mol. The third-order valence-electron chi connectivity index (χ3n) is 6.72. The molecule has 2 heterocycles. The van der Waals surface area contributed by atoms with E-state index in [2.05, 4.69) is 5.32 Å². The minimum absolute atomic E-state index is 0.175. The van der Waals surface area contributed by atoms with E-state index in [1.165, 1.54) is 9.80 Å². The van der Waals surface area contributed by atoms with Crippen LogP contribution in [0.2, 0.25) is 0 Å². The highest BCUT2D eigenvalue weighted by atomic mass is 16.4. The number of carboxylic acids is 1. The first-order valence-electron chi connectivity index (χ1n) is 11.8. The molecule has 6 N–H and O–H groups in total. The summed E-state index contributed by atoms with van der Waals surface area (Å²) in [5.74, 6) is -2.20. The number of hydrogen-bond donors (Lipinski definition) is 4. The number of carboxylic acid groups (broad SMARTS) is 1. The second kappa shape index (κ2) is 12.2. The lowest BCUT2D eigenvalue weighted by molar-refractivity contribution is -0.150. The summed E-state index contributed by atoms with van der Waals surface area (Å²) in [7, 11) is 0. The molecule has 5 atom stereocenters. The number of aliphatic carboxylic acids is 1. The van der Waals surface area contributed by atoms with Gasteiger partial charge in [-0.2, -0.15) is 0 Å². The van der Waals surface area contributed by atoms with E-state index in [-0.39, 0.29) is 23.6 Å². The summed E-state index contributed by atoms with van der Waals surface area (Å²) in [6.45, 7) is 5.14. The molecule has 10 nitrogen and oxygen atoms in total. The molecule has 0 bridgehead atoms. The number of carbonyl (C=O) groups excluding carboxylic acids is 3. The van der Waals surface area contributed by atoms with Gasteiger partial charge in [0, 0.05) is 13.1 Å². The number of hydrogen-bond acceptors (Lipinski definition) is 6. The van der Waals surface area contributed by atoms with Gasteiger partial charge in [0.05, 0.1) is 6.04 Å². The molecule has 3 amide bonds. The van der Waals surface area contributed by atoms with Crippen molar-refractivity contribution in [3.63, 3.8) is 0 Å². The van der Waals surface area contributed by atoms with Crippen LogP contribution in [0.3, 0.4) is 0 Å². The van der Waals surface area contributed by atoms with Gasteiger partial charge in [-0.05, 0) is 51.0 Å². The van der Waals surface area contributed by atoms with Crippen LogP contribution < -0.4 is 16.8 Å². The maximum absolute atomic E-state index is 13.2. The Bertz CT molecular complexity index is 688. The van der Waals surface area contributed by atoms with Crippen molar-refractivity contribution >= 4 is 23.7 Å². The maximum Gasteiger partial charge on any atom is 0.326 e. The minimum atomic E-state index is -1.03. The average Bonchev–Trinajstić information content (AvgIpc) is 3.45. The molecule has 0 aliphatic carbocycles. The molecule has 32 heavy (non-hydrogen) atoms. The quantitative estimate of drug-likeness (QED) is 0.321. The van der Waals surface area contributed by atoms with Crippen LogP contribution in [0.25, 0.3) is 0 Å². The van der Waals surface area contributed by atoms with E-state index in [4.69, 9.17) is 11.5 Å². The lowest BCUT2D eigenvalue weighted by atomic mass is 9.96. The predicted octanol–water partition coefficient (Wildman–Crippen LogP) is 0.0402. The number of rotatable bonds is 11. The summed E-state index contributed by atoms with van der Waals surface area (Å²) in [5, 5.41) is 12.3. The van der Waals surface area contributed by atoms with Crippen molar-refractivity contribution in [2.75, 3.05) is 19.6 Å². The van der Waals surface area contributed by atoms with E-state index in [0.717, 1.165) is 12.8 Å². The Hall–Kier alpha value is -2.20. The van der Waals surface area contributed by atoms with Crippen LogP contribution in [0.5, 0.6) is 0 Å². The van der Waals surface area contributed by atoms with Crippen molar-refractivity contribution in [3.05, 3.63) is 0 Å². The summed E-state index contributed by atoms with van der Waals surface area (Å²) in [4.78, 5) is 53.6. The molecule has 2 fully saturated rings. The Labute approximate surface area is 190 Å². The lowest BCUT2D eigenvalue weighted by Crippen LogP contribution is -2.58. The molecule has 2 rings (SSSR count). The van der Waals surface area contributed by atoms with Crippen LogP contribution in [0.4, 0.5) is 0 Å². The number of nitrogens with two attached hydrogens (primary N) is 2. The van der Waals surface area contributed by atoms with E-state index in [1.807, 2.05) is 13.8 Å². The highest BCUT2D eigenvalue weighted by molar-refractivity contribution is 5.94. The zero-order chi connectivity index (χ0) is 23.8. The number of nitrogens with one attached hydrogen (secondary N) is 1. The number of carbonyl (C=O) groups is 4. The van der Waals surface area contributed by atoms with Crippen molar-refractivity contribution in [2.45, 2.75) is 89.4 Å². The van der Waals surface area contributed by atoms with Crippen LogP contribution >= 0.6 is 0 Å². The minimum Gasteiger partial charge on any atom is -0.480 e. The fourth-order valence-electron chi connectivity index (χ4n) is 4.55. The molecule has 0 radical (unpaired) electrons. The van der Waals surface area contributed by atoms with Crippen LogP contribution in [0.15, 0.2) is 0 Å². The smallest absolute Gasteiger partial charge is 0.326 e. The van der Waals surface area contributed by atoms with E-state index < -0.39 is 30.1 Å². The molecule has 2 saturated heterocycles. The van der Waals surface area contributed by atoms with Gasteiger partial charge in [0.1, 0.15) is 18.1 Å². The molecular formula is C22H39N5O5. The first-order valence-corrected chi connectivity index (χ1v) is 11.8. The molecule has 2 aliphatic rings. The molecule has 5 unspecified atom stereocenters. The highest BCUT2D eigenvalue weighted by Crippen LogP contribution is 2.23. The third kappa shape index (κ3) is 6.19. The molecule has 0 aromatic carbocycles. The van der Waals surface area contributed by atoms with E-state index in [0.29, 0.717) is 58.2 Å². The Kier molecular flexibility index (Phi) is 9.89. The molecule has 10 heteroatoms. The predicted molar refractivity (Wildman–Crippen MR) is 119 cm³/mol. The van der Waals surface area contributed by atoms with Crippen LogP contribution in [0.1, 0.15) is 65.2 Å². The van der Waals surface area contributed by atoms with Crippen molar-refractivity contribution in [3.8, 4) is 0 Å². The Morgan fingerprint density at radius 2 is 1.62 bits per heavy atom. The first kappa shape index (κ1) is 26.1. The van der Waals surface area contributed by atoms with Crippen molar-refractivity contribution < 1.29 is 24.3 Å². The summed E-state index contributed by atoms with van der Waals surface area (Å²) in [6.07, 6.45) is 4.93. The van der Waals surface area contributed by atoms with Crippen molar-refractivity contribution in [2.24, 2.45) is 17.4 Å². The summed E-state index contributed by atoms with van der Waals surface area (Å²) < 4.78 is 0. The van der Waals surface area contributed by atoms with Crippen LogP contribution in [0, 0.1) is 5.92 Å². The molecule has 2 aliphatic heterocycles. The van der Waals surface area contributed by atoms with Gasteiger partial charge in [-0.3, -0.25) is 14.4 Å². The maximum atomic E-state index is 13.2. The Morgan fingerprint density at radius 1 is 1.03 bits per heavy atom.